The SMILES string of the molecule is COc1nnc(Cn2ccnc2C2CC2)s1. The van der Waals surface area contributed by atoms with Gasteiger partial charge in [0.1, 0.15) is 10.8 Å². The molecule has 5 nitrogen and oxygen atoms in total. The van der Waals surface area contributed by atoms with Crippen LogP contribution in [0.2, 0.25) is 0 Å². The number of ether oxygens (including phenoxy) is 1. The minimum absolute atomic E-state index is 0.614. The second kappa shape index (κ2) is 3.86. The van der Waals surface area contributed by atoms with Crippen molar-refractivity contribution in [1.82, 2.24) is 19.7 Å². The first-order chi connectivity index (χ1) is 7.86. The Labute approximate surface area is 97.1 Å². The minimum Gasteiger partial charge on any atom is -0.472 e. The summed E-state index contributed by atoms with van der Waals surface area (Å²) in [7, 11) is 1.61. The molecular formula is C10H12N4OS. The van der Waals surface area contributed by atoms with E-state index in [0.717, 1.165) is 11.6 Å². The third kappa shape index (κ3) is 1.80. The highest BCUT2D eigenvalue weighted by Crippen LogP contribution is 2.39. The second-order valence-electron chi connectivity index (χ2n) is 3.85. The van der Waals surface area contributed by atoms with Crippen molar-refractivity contribution in [2.75, 3.05) is 7.11 Å². The minimum atomic E-state index is 0.614. The molecule has 6 heteroatoms. The van der Waals surface area contributed by atoms with Crippen molar-refractivity contribution in [3.63, 3.8) is 0 Å². The van der Waals surface area contributed by atoms with Crippen LogP contribution in [0, 0.1) is 0 Å². The lowest BCUT2D eigenvalue weighted by molar-refractivity contribution is 0.407. The summed E-state index contributed by atoms with van der Waals surface area (Å²) in [5.41, 5.74) is 0. The van der Waals surface area contributed by atoms with Crippen LogP contribution >= 0.6 is 11.3 Å². The largest absolute Gasteiger partial charge is 0.472 e. The Balaban J connectivity index is 1.79. The van der Waals surface area contributed by atoms with Gasteiger partial charge in [0.25, 0.3) is 5.19 Å². The Kier molecular flexibility index (Phi) is 2.36. The van der Waals surface area contributed by atoms with Gasteiger partial charge in [-0.2, -0.15) is 0 Å². The molecule has 0 N–H and O–H groups in total. The fourth-order valence-electron chi connectivity index (χ4n) is 1.69. The van der Waals surface area contributed by atoms with Gasteiger partial charge >= 0.3 is 0 Å². The molecule has 0 radical (unpaired) electrons. The summed E-state index contributed by atoms with van der Waals surface area (Å²) in [5, 5.41) is 9.56. The molecule has 3 rings (SSSR count). The molecule has 0 unspecified atom stereocenters. The van der Waals surface area contributed by atoms with Crippen LogP contribution in [0.25, 0.3) is 0 Å². The number of hydrogen-bond donors (Lipinski definition) is 0. The predicted octanol–water partition coefficient (Wildman–Crippen LogP) is 1.67. The van der Waals surface area contributed by atoms with E-state index < -0.39 is 0 Å². The number of rotatable bonds is 4. The van der Waals surface area contributed by atoms with Gasteiger partial charge in [0.2, 0.25) is 0 Å². The molecular weight excluding hydrogens is 224 g/mol. The van der Waals surface area contributed by atoms with Crippen molar-refractivity contribution in [2.24, 2.45) is 0 Å². The van der Waals surface area contributed by atoms with E-state index in [4.69, 9.17) is 4.74 Å². The Morgan fingerprint density at radius 2 is 2.38 bits per heavy atom. The van der Waals surface area contributed by atoms with E-state index in [1.165, 1.54) is 30.0 Å². The van der Waals surface area contributed by atoms with Crippen LogP contribution in [0.15, 0.2) is 12.4 Å². The molecule has 1 fully saturated rings. The van der Waals surface area contributed by atoms with Crippen LogP contribution in [-0.2, 0) is 6.54 Å². The van der Waals surface area contributed by atoms with Gasteiger partial charge in [0.05, 0.1) is 13.7 Å². The van der Waals surface area contributed by atoms with Crippen LogP contribution in [0.3, 0.4) is 0 Å². The van der Waals surface area contributed by atoms with E-state index in [2.05, 4.69) is 19.7 Å². The lowest BCUT2D eigenvalue weighted by atomic mass is 10.4. The summed E-state index contributed by atoms with van der Waals surface area (Å²) in [5.74, 6) is 1.83. The van der Waals surface area contributed by atoms with Crippen LogP contribution in [-0.4, -0.2) is 26.9 Å². The highest BCUT2D eigenvalue weighted by atomic mass is 32.1. The summed E-state index contributed by atoms with van der Waals surface area (Å²) in [4.78, 5) is 4.39. The Hall–Kier alpha value is -1.43. The third-order valence-corrected chi connectivity index (χ3v) is 3.49. The molecule has 1 saturated carbocycles. The Morgan fingerprint density at radius 1 is 1.50 bits per heavy atom. The van der Waals surface area contributed by atoms with E-state index >= 15 is 0 Å². The number of aromatic nitrogens is 4. The fourth-order valence-corrected chi connectivity index (χ4v) is 2.34. The molecule has 0 spiro atoms. The van der Waals surface area contributed by atoms with Crippen LogP contribution in [0.5, 0.6) is 5.19 Å². The maximum Gasteiger partial charge on any atom is 0.293 e. The van der Waals surface area contributed by atoms with E-state index in [-0.39, 0.29) is 0 Å². The van der Waals surface area contributed by atoms with Gasteiger partial charge in [0, 0.05) is 18.3 Å². The Bertz CT molecular complexity index is 488. The predicted molar refractivity (Wildman–Crippen MR) is 59.8 cm³/mol. The number of methoxy groups -OCH3 is 1. The average molecular weight is 236 g/mol. The molecule has 2 heterocycles. The highest BCUT2D eigenvalue weighted by molar-refractivity contribution is 7.13. The van der Waals surface area contributed by atoms with Gasteiger partial charge in [-0.15, -0.1) is 10.2 Å². The number of hydrogen-bond acceptors (Lipinski definition) is 5. The molecule has 0 atom stereocenters. The molecule has 0 bridgehead atoms. The molecule has 0 amide bonds. The summed E-state index contributed by atoms with van der Waals surface area (Å²) in [6.07, 6.45) is 6.38. The van der Waals surface area contributed by atoms with E-state index in [0.29, 0.717) is 11.1 Å². The van der Waals surface area contributed by atoms with Crippen molar-refractivity contribution in [3.05, 3.63) is 23.2 Å². The zero-order valence-electron chi connectivity index (χ0n) is 8.96. The van der Waals surface area contributed by atoms with Crippen molar-refractivity contribution in [1.29, 1.82) is 0 Å². The molecule has 0 aliphatic heterocycles. The molecule has 2 aromatic heterocycles. The smallest absolute Gasteiger partial charge is 0.293 e. The van der Waals surface area contributed by atoms with Crippen LogP contribution in [0.1, 0.15) is 29.6 Å². The fraction of sp³-hybridized carbons (Fsp3) is 0.500. The summed E-state index contributed by atoms with van der Waals surface area (Å²) >= 11 is 1.48. The maximum atomic E-state index is 5.02. The van der Waals surface area contributed by atoms with Crippen molar-refractivity contribution < 1.29 is 4.74 Å². The number of imidazole rings is 1. The summed E-state index contributed by atoms with van der Waals surface area (Å²) in [6, 6.07) is 0. The second-order valence-corrected chi connectivity index (χ2v) is 4.88. The van der Waals surface area contributed by atoms with Gasteiger partial charge in [-0.05, 0) is 12.8 Å². The lowest BCUT2D eigenvalue weighted by Gasteiger charge is -2.03. The first-order valence-electron chi connectivity index (χ1n) is 5.24. The molecule has 0 aromatic carbocycles. The van der Waals surface area contributed by atoms with Crippen molar-refractivity contribution in [3.8, 4) is 5.19 Å². The topological polar surface area (TPSA) is 52.8 Å². The van der Waals surface area contributed by atoms with E-state index in [9.17, 15) is 0 Å². The Morgan fingerprint density at radius 3 is 3.06 bits per heavy atom. The van der Waals surface area contributed by atoms with E-state index in [1.807, 2.05) is 12.4 Å². The first kappa shape index (κ1) is 9.77. The molecule has 1 aliphatic rings. The molecule has 0 saturated heterocycles. The molecule has 16 heavy (non-hydrogen) atoms. The van der Waals surface area contributed by atoms with Gasteiger partial charge in [-0.1, -0.05) is 11.3 Å². The van der Waals surface area contributed by atoms with Gasteiger partial charge in [-0.3, -0.25) is 0 Å². The third-order valence-electron chi connectivity index (χ3n) is 2.62. The van der Waals surface area contributed by atoms with E-state index in [1.54, 1.807) is 7.11 Å². The normalized spacial score (nSPS) is 15.3. The average Bonchev–Trinajstić information content (AvgIpc) is 2.88. The monoisotopic (exact) mass is 236 g/mol. The zero-order valence-corrected chi connectivity index (χ0v) is 9.78. The summed E-state index contributed by atoms with van der Waals surface area (Å²) < 4.78 is 7.17. The molecule has 2 aromatic rings. The van der Waals surface area contributed by atoms with Crippen molar-refractivity contribution >= 4 is 11.3 Å². The maximum absolute atomic E-state index is 5.02. The quantitative estimate of drug-likeness (QED) is 0.810. The van der Waals surface area contributed by atoms with Gasteiger partial charge in [-0.25, -0.2) is 4.98 Å². The highest BCUT2D eigenvalue weighted by Gasteiger charge is 2.28. The lowest BCUT2D eigenvalue weighted by Crippen LogP contribution is -2.02. The zero-order chi connectivity index (χ0) is 11.0. The standard InChI is InChI=1S/C10H12N4OS/c1-15-10-13-12-8(16-10)6-14-5-4-11-9(14)7-2-3-7/h4-5,7H,2-3,6H2,1H3. The summed E-state index contributed by atoms with van der Waals surface area (Å²) in [6.45, 7) is 0.743. The van der Waals surface area contributed by atoms with Crippen LogP contribution in [0.4, 0.5) is 0 Å². The number of nitrogens with zero attached hydrogens (tertiary/aromatic N) is 4. The van der Waals surface area contributed by atoms with Gasteiger partial charge < -0.3 is 9.30 Å². The first-order valence-corrected chi connectivity index (χ1v) is 6.06. The van der Waals surface area contributed by atoms with Crippen molar-refractivity contribution in [2.45, 2.75) is 25.3 Å². The molecule has 84 valence electrons. The van der Waals surface area contributed by atoms with Crippen LogP contribution < -0.4 is 4.74 Å². The van der Waals surface area contributed by atoms with Gasteiger partial charge in [0.15, 0.2) is 0 Å². The molecule has 1 aliphatic carbocycles.